The molecule has 0 atom stereocenters. The lowest BCUT2D eigenvalue weighted by Gasteiger charge is -2.18. The van der Waals surface area contributed by atoms with Crippen molar-refractivity contribution in [3.05, 3.63) is 0 Å². The molecule has 62 valence electrons. The van der Waals surface area contributed by atoms with Crippen molar-refractivity contribution in [2.24, 2.45) is 9.98 Å². The van der Waals surface area contributed by atoms with Crippen LogP contribution in [0, 0.1) is 0 Å². The number of rotatable bonds is 3. The number of nitrogens with zero attached hydrogens (tertiary/aromatic N) is 3. The predicted octanol–water partition coefficient (Wildman–Crippen LogP) is 1.82. The van der Waals surface area contributed by atoms with Crippen molar-refractivity contribution in [1.82, 2.24) is 4.90 Å². The van der Waals surface area contributed by atoms with Crippen LogP contribution < -0.4 is 0 Å². The van der Waals surface area contributed by atoms with E-state index in [9.17, 15) is 0 Å². The summed E-state index contributed by atoms with van der Waals surface area (Å²) >= 11 is 6.82. The van der Waals surface area contributed by atoms with E-state index in [1.54, 1.807) is 6.34 Å². The normalized spacial score (nSPS) is 16.5. The Kier molecular flexibility index (Phi) is 4.07. The summed E-state index contributed by atoms with van der Waals surface area (Å²) in [6.45, 7) is 1.71. The van der Waals surface area contributed by atoms with Gasteiger partial charge in [-0.3, -0.25) is 4.99 Å². The van der Waals surface area contributed by atoms with Crippen LogP contribution in [-0.4, -0.2) is 34.5 Å². The number of aliphatic imine (C=N–C) groups is 2. The van der Waals surface area contributed by atoms with Crippen LogP contribution in [0.4, 0.5) is 0 Å². The average Bonchev–Trinajstić information content (AvgIpc) is 2.03. The number of hydrogen-bond acceptors (Lipinski definition) is 3. The Morgan fingerprint density at radius 1 is 1.55 bits per heavy atom. The second-order valence-electron chi connectivity index (χ2n) is 2.20. The van der Waals surface area contributed by atoms with Crippen molar-refractivity contribution in [2.75, 3.05) is 13.2 Å². The number of alkyl halides is 2. The lowest BCUT2D eigenvalue weighted by atomic mass is 10.4. The third kappa shape index (κ3) is 3.86. The Labute approximate surface area is 82.8 Å². The molecule has 1 heterocycles. The van der Waals surface area contributed by atoms with E-state index in [4.69, 9.17) is 0 Å². The van der Waals surface area contributed by atoms with Gasteiger partial charge in [-0.1, -0.05) is 31.9 Å². The molecule has 5 heteroatoms. The Bertz CT molecular complexity index is 167. The molecule has 0 radical (unpaired) electrons. The Hall–Kier alpha value is 0.100. The molecule has 0 aromatic heterocycles. The van der Waals surface area contributed by atoms with Crippen LogP contribution >= 0.6 is 31.9 Å². The molecule has 1 rings (SSSR count). The first kappa shape index (κ1) is 9.19. The zero-order valence-electron chi connectivity index (χ0n) is 5.95. The van der Waals surface area contributed by atoms with Crippen LogP contribution in [0.3, 0.4) is 0 Å². The molecule has 3 nitrogen and oxygen atoms in total. The molecule has 0 amide bonds. The summed E-state index contributed by atoms with van der Waals surface area (Å²) in [5.41, 5.74) is 0. The van der Waals surface area contributed by atoms with E-state index in [-0.39, 0.29) is 0 Å². The highest BCUT2D eigenvalue weighted by Crippen LogP contribution is 2.12. The monoisotopic (exact) mass is 281 g/mol. The first-order valence-corrected chi connectivity index (χ1v) is 5.16. The van der Waals surface area contributed by atoms with Gasteiger partial charge in [-0.05, 0) is 6.42 Å². The number of halogens is 2. The predicted molar refractivity (Wildman–Crippen MR) is 54.8 cm³/mol. The third-order valence-electron chi connectivity index (χ3n) is 1.28. The molecule has 0 spiro atoms. The summed E-state index contributed by atoms with van der Waals surface area (Å²) in [6, 6.07) is 0. The summed E-state index contributed by atoms with van der Waals surface area (Å²) in [4.78, 5) is 9.99. The fourth-order valence-corrected chi connectivity index (χ4v) is 1.15. The summed E-state index contributed by atoms with van der Waals surface area (Å²) in [7, 11) is 0. The highest BCUT2D eigenvalue weighted by molar-refractivity contribution is 9.24. The fourth-order valence-electron chi connectivity index (χ4n) is 0.741. The lowest BCUT2D eigenvalue weighted by molar-refractivity contribution is 0.440. The molecule has 0 aromatic rings. The molecular formula is C6H9Br2N3. The SMILES string of the molecule is BrC(Br)CCN1C=NC=NC1. The van der Waals surface area contributed by atoms with Gasteiger partial charge in [-0.25, -0.2) is 4.99 Å². The maximum atomic E-state index is 4.01. The van der Waals surface area contributed by atoms with Crippen molar-refractivity contribution >= 4 is 44.5 Å². The van der Waals surface area contributed by atoms with Gasteiger partial charge in [0.1, 0.15) is 13.0 Å². The van der Waals surface area contributed by atoms with Gasteiger partial charge in [0.25, 0.3) is 0 Å². The van der Waals surface area contributed by atoms with E-state index in [1.165, 1.54) is 0 Å². The summed E-state index contributed by atoms with van der Waals surface area (Å²) < 4.78 is 0.384. The van der Waals surface area contributed by atoms with Crippen LogP contribution in [-0.2, 0) is 0 Å². The van der Waals surface area contributed by atoms with Gasteiger partial charge in [-0.2, -0.15) is 0 Å². The first-order valence-electron chi connectivity index (χ1n) is 3.33. The molecule has 1 aliphatic rings. The summed E-state index contributed by atoms with van der Waals surface area (Å²) in [6.07, 6.45) is 4.44. The largest absolute Gasteiger partial charge is 0.343 e. The van der Waals surface area contributed by atoms with Crippen molar-refractivity contribution < 1.29 is 0 Å². The summed E-state index contributed by atoms with van der Waals surface area (Å²) in [5, 5.41) is 0. The van der Waals surface area contributed by atoms with Crippen molar-refractivity contribution in [1.29, 1.82) is 0 Å². The highest BCUT2D eigenvalue weighted by atomic mass is 79.9. The van der Waals surface area contributed by atoms with E-state index >= 15 is 0 Å². The molecule has 0 fully saturated rings. The Balaban J connectivity index is 2.17. The quantitative estimate of drug-likeness (QED) is 0.726. The molecule has 11 heavy (non-hydrogen) atoms. The van der Waals surface area contributed by atoms with Gasteiger partial charge in [0, 0.05) is 6.54 Å². The second kappa shape index (κ2) is 4.87. The maximum absolute atomic E-state index is 4.01. The standard InChI is InChI=1S/C6H9Br2N3/c7-6(8)1-2-11-4-9-3-10-5-11/h3-4,6H,1-2,5H2. The van der Waals surface area contributed by atoms with Crippen molar-refractivity contribution in [2.45, 2.75) is 10.2 Å². The smallest absolute Gasteiger partial charge is 0.113 e. The van der Waals surface area contributed by atoms with Crippen LogP contribution in [0.5, 0.6) is 0 Å². The molecule has 0 aliphatic carbocycles. The highest BCUT2D eigenvalue weighted by Gasteiger charge is 2.03. The van der Waals surface area contributed by atoms with Gasteiger partial charge in [-0.15, -0.1) is 0 Å². The molecular weight excluding hydrogens is 274 g/mol. The van der Waals surface area contributed by atoms with Crippen molar-refractivity contribution in [3.8, 4) is 0 Å². The van der Waals surface area contributed by atoms with Gasteiger partial charge in [0.05, 0.1) is 10.1 Å². The van der Waals surface area contributed by atoms with Gasteiger partial charge in [0.15, 0.2) is 0 Å². The molecule has 0 N–H and O–H groups in total. The van der Waals surface area contributed by atoms with Crippen LogP contribution in [0.25, 0.3) is 0 Å². The van der Waals surface area contributed by atoms with Gasteiger partial charge >= 0.3 is 0 Å². The molecule has 0 saturated heterocycles. The van der Waals surface area contributed by atoms with E-state index < -0.39 is 0 Å². The zero-order valence-corrected chi connectivity index (χ0v) is 9.12. The van der Waals surface area contributed by atoms with E-state index in [0.717, 1.165) is 19.6 Å². The van der Waals surface area contributed by atoms with Crippen LogP contribution in [0.2, 0.25) is 0 Å². The van der Waals surface area contributed by atoms with E-state index in [2.05, 4.69) is 46.7 Å². The average molecular weight is 283 g/mol. The minimum atomic E-state index is 0.384. The second-order valence-corrected chi connectivity index (χ2v) is 5.64. The zero-order chi connectivity index (χ0) is 8.10. The first-order chi connectivity index (χ1) is 5.29. The molecule has 0 saturated carbocycles. The topological polar surface area (TPSA) is 28.0 Å². The molecule has 0 aromatic carbocycles. The maximum Gasteiger partial charge on any atom is 0.113 e. The van der Waals surface area contributed by atoms with Crippen LogP contribution in [0.15, 0.2) is 9.98 Å². The van der Waals surface area contributed by atoms with Gasteiger partial charge in [0.2, 0.25) is 0 Å². The van der Waals surface area contributed by atoms with Crippen LogP contribution in [0.1, 0.15) is 6.42 Å². The Morgan fingerprint density at radius 2 is 2.36 bits per heavy atom. The van der Waals surface area contributed by atoms with Crippen molar-refractivity contribution in [3.63, 3.8) is 0 Å². The lowest BCUT2D eigenvalue weighted by Crippen LogP contribution is -2.26. The van der Waals surface area contributed by atoms with Gasteiger partial charge < -0.3 is 4.90 Å². The molecule has 1 aliphatic heterocycles. The fraction of sp³-hybridized carbons (Fsp3) is 0.667. The summed E-state index contributed by atoms with van der Waals surface area (Å²) in [5.74, 6) is 0. The molecule has 0 bridgehead atoms. The molecule has 0 unspecified atom stereocenters. The minimum Gasteiger partial charge on any atom is -0.343 e. The number of hydrogen-bond donors (Lipinski definition) is 0. The third-order valence-corrected chi connectivity index (χ3v) is 2.19. The van der Waals surface area contributed by atoms with E-state index in [1.807, 2.05) is 6.34 Å². The van der Waals surface area contributed by atoms with E-state index in [0.29, 0.717) is 3.74 Å². The Morgan fingerprint density at radius 3 is 2.91 bits per heavy atom. The minimum absolute atomic E-state index is 0.384.